The number of carbonyl (C=O) groups excluding carboxylic acids is 2. The standard InChI is InChI=1S/C14H17N3O3/c1-9(13(18)19)17-14(20)15-7-6-10-8-16-12-5-3-2-4-11(10)12/h2-5,8-9,16H,6-7H2,1H3,(H,18,19)(H2,15,17,20)/p-1/t9-/m0/s1. The largest absolute Gasteiger partial charge is 0.548 e. The Balaban J connectivity index is 1.84. The van der Waals surface area contributed by atoms with Crippen molar-refractivity contribution in [3.63, 3.8) is 0 Å². The lowest BCUT2D eigenvalue weighted by Crippen LogP contribution is -2.49. The van der Waals surface area contributed by atoms with Gasteiger partial charge in [0.2, 0.25) is 0 Å². The number of fused-ring (bicyclic) bond motifs is 1. The third kappa shape index (κ3) is 3.28. The van der Waals surface area contributed by atoms with E-state index >= 15 is 0 Å². The minimum atomic E-state index is -1.31. The van der Waals surface area contributed by atoms with Crippen molar-refractivity contribution in [1.29, 1.82) is 0 Å². The number of urea groups is 1. The number of hydrogen-bond acceptors (Lipinski definition) is 3. The van der Waals surface area contributed by atoms with E-state index in [2.05, 4.69) is 15.6 Å². The van der Waals surface area contributed by atoms with Gasteiger partial charge in [0.05, 0.1) is 12.0 Å². The van der Waals surface area contributed by atoms with Crippen LogP contribution in [0.5, 0.6) is 0 Å². The van der Waals surface area contributed by atoms with Crippen molar-refractivity contribution in [3.8, 4) is 0 Å². The minimum Gasteiger partial charge on any atom is -0.548 e. The van der Waals surface area contributed by atoms with Gasteiger partial charge in [-0.05, 0) is 25.0 Å². The summed E-state index contributed by atoms with van der Waals surface area (Å²) >= 11 is 0. The SMILES string of the molecule is C[C@H](NC(=O)NCCc1c[nH]c2ccccc12)C(=O)[O-]. The highest BCUT2D eigenvalue weighted by molar-refractivity contribution is 5.83. The fourth-order valence-electron chi connectivity index (χ4n) is 1.96. The molecule has 2 aromatic rings. The number of benzene rings is 1. The monoisotopic (exact) mass is 274 g/mol. The molecule has 106 valence electrons. The predicted octanol–water partition coefficient (Wildman–Crippen LogP) is 0.148. The van der Waals surface area contributed by atoms with Gasteiger partial charge in [0, 0.05) is 23.6 Å². The van der Waals surface area contributed by atoms with E-state index in [1.807, 2.05) is 30.5 Å². The average molecular weight is 274 g/mol. The molecule has 3 N–H and O–H groups in total. The molecular formula is C14H16N3O3-. The lowest BCUT2D eigenvalue weighted by molar-refractivity contribution is -0.307. The Labute approximate surface area is 116 Å². The second kappa shape index (κ2) is 6.10. The molecule has 1 atom stereocenters. The van der Waals surface area contributed by atoms with E-state index in [1.54, 1.807) is 0 Å². The molecule has 20 heavy (non-hydrogen) atoms. The van der Waals surface area contributed by atoms with Crippen molar-refractivity contribution in [2.24, 2.45) is 0 Å². The molecule has 0 fully saturated rings. The van der Waals surface area contributed by atoms with Gasteiger partial charge in [-0.15, -0.1) is 0 Å². The number of aliphatic carboxylic acids is 1. The molecule has 6 heteroatoms. The van der Waals surface area contributed by atoms with Gasteiger partial charge in [-0.3, -0.25) is 0 Å². The number of H-pyrrole nitrogens is 1. The lowest BCUT2D eigenvalue weighted by Gasteiger charge is -2.15. The Morgan fingerprint density at radius 2 is 2.10 bits per heavy atom. The van der Waals surface area contributed by atoms with Crippen molar-refractivity contribution in [2.45, 2.75) is 19.4 Å². The third-order valence-electron chi connectivity index (χ3n) is 3.06. The van der Waals surface area contributed by atoms with E-state index in [9.17, 15) is 14.7 Å². The van der Waals surface area contributed by atoms with Gasteiger partial charge in [-0.25, -0.2) is 4.79 Å². The van der Waals surface area contributed by atoms with Crippen molar-refractivity contribution in [1.82, 2.24) is 15.6 Å². The molecule has 0 spiro atoms. The van der Waals surface area contributed by atoms with E-state index in [-0.39, 0.29) is 0 Å². The molecule has 0 saturated carbocycles. The molecule has 0 bridgehead atoms. The van der Waals surface area contributed by atoms with Crippen LogP contribution in [0, 0.1) is 0 Å². The van der Waals surface area contributed by atoms with Crippen LogP contribution in [0.25, 0.3) is 10.9 Å². The van der Waals surface area contributed by atoms with Crippen molar-refractivity contribution < 1.29 is 14.7 Å². The Morgan fingerprint density at radius 3 is 2.85 bits per heavy atom. The molecule has 0 saturated heterocycles. The summed E-state index contributed by atoms with van der Waals surface area (Å²) in [6.45, 7) is 1.78. The number of amides is 2. The van der Waals surface area contributed by atoms with Gasteiger partial charge < -0.3 is 25.5 Å². The molecule has 1 aromatic heterocycles. The van der Waals surface area contributed by atoms with Gasteiger partial charge in [0.25, 0.3) is 0 Å². The number of nitrogens with one attached hydrogen (secondary N) is 3. The Bertz CT molecular complexity index is 621. The number of carboxylic acids is 1. The maximum absolute atomic E-state index is 11.4. The zero-order valence-electron chi connectivity index (χ0n) is 11.1. The van der Waals surface area contributed by atoms with Crippen molar-refractivity contribution in [2.75, 3.05) is 6.54 Å². The van der Waals surface area contributed by atoms with E-state index in [4.69, 9.17) is 0 Å². The molecule has 2 rings (SSSR count). The van der Waals surface area contributed by atoms with Crippen LogP contribution in [0.3, 0.4) is 0 Å². The molecule has 0 aliphatic rings. The first-order valence-corrected chi connectivity index (χ1v) is 6.38. The van der Waals surface area contributed by atoms with Crippen LogP contribution in [0.4, 0.5) is 4.79 Å². The summed E-state index contributed by atoms with van der Waals surface area (Å²) in [5.74, 6) is -1.31. The minimum absolute atomic E-state index is 0.424. The number of hydrogen-bond donors (Lipinski definition) is 3. The molecule has 1 aromatic carbocycles. The molecule has 1 heterocycles. The zero-order valence-corrected chi connectivity index (χ0v) is 11.1. The Hall–Kier alpha value is -2.50. The van der Waals surface area contributed by atoms with Crippen molar-refractivity contribution in [3.05, 3.63) is 36.0 Å². The Kier molecular flexibility index (Phi) is 4.24. The number of rotatable bonds is 5. The highest BCUT2D eigenvalue weighted by atomic mass is 16.4. The molecular weight excluding hydrogens is 258 g/mol. The summed E-state index contributed by atoms with van der Waals surface area (Å²) in [7, 11) is 0. The summed E-state index contributed by atoms with van der Waals surface area (Å²) in [5.41, 5.74) is 2.16. The molecule has 0 aliphatic heterocycles. The third-order valence-corrected chi connectivity index (χ3v) is 3.06. The van der Waals surface area contributed by atoms with Crippen LogP contribution in [0.2, 0.25) is 0 Å². The number of aromatic amines is 1. The maximum Gasteiger partial charge on any atom is 0.315 e. The number of para-hydroxylation sites is 1. The van der Waals surface area contributed by atoms with E-state index < -0.39 is 18.0 Å². The van der Waals surface area contributed by atoms with Crippen LogP contribution in [-0.4, -0.2) is 29.6 Å². The summed E-state index contributed by atoms with van der Waals surface area (Å²) in [6.07, 6.45) is 2.57. The van der Waals surface area contributed by atoms with Crippen LogP contribution >= 0.6 is 0 Å². The predicted molar refractivity (Wildman–Crippen MR) is 73.0 cm³/mol. The summed E-state index contributed by atoms with van der Waals surface area (Å²) in [6, 6.07) is 6.39. The van der Waals surface area contributed by atoms with Crippen LogP contribution in [0.1, 0.15) is 12.5 Å². The molecule has 0 aliphatic carbocycles. The smallest absolute Gasteiger partial charge is 0.315 e. The molecule has 2 amide bonds. The normalized spacial score (nSPS) is 12.1. The number of carboxylic acid groups (broad SMARTS) is 1. The van der Waals surface area contributed by atoms with Gasteiger partial charge >= 0.3 is 6.03 Å². The topological polar surface area (TPSA) is 97.1 Å². The van der Waals surface area contributed by atoms with E-state index in [1.165, 1.54) is 6.92 Å². The fourth-order valence-corrected chi connectivity index (χ4v) is 1.96. The summed E-state index contributed by atoms with van der Waals surface area (Å²) < 4.78 is 0. The van der Waals surface area contributed by atoms with Crippen LogP contribution < -0.4 is 15.7 Å². The summed E-state index contributed by atoms with van der Waals surface area (Å²) in [4.78, 5) is 25.1. The van der Waals surface area contributed by atoms with Gasteiger partial charge in [-0.1, -0.05) is 18.2 Å². The first kappa shape index (κ1) is 13.9. The number of carbonyl (C=O) groups is 2. The van der Waals surface area contributed by atoms with Gasteiger partial charge in [0.15, 0.2) is 0 Å². The Morgan fingerprint density at radius 1 is 1.35 bits per heavy atom. The van der Waals surface area contributed by atoms with Gasteiger partial charge in [-0.2, -0.15) is 0 Å². The number of aromatic nitrogens is 1. The molecule has 0 radical (unpaired) electrons. The maximum atomic E-state index is 11.4. The highest BCUT2D eigenvalue weighted by Gasteiger charge is 2.07. The second-order valence-electron chi connectivity index (χ2n) is 4.55. The van der Waals surface area contributed by atoms with E-state index in [0.717, 1.165) is 16.5 Å². The first-order valence-electron chi connectivity index (χ1n) is 6.38. The fraction of sp³-hybridized carbons (Fsp3) is 0.286. The second-order valence-corrected chi connectivity index (χ2v) is 4.55. The lowest BCUT2D eigenvalue weighted by atomic mass is 10.1. The van der Waals surface area contributed by atoms with Gasteiger partial charge in [0.1, 0.15) is 0 Å². The zero-order chi connectivity index (χ0) is 14.5. The van der Waals surface area contributed by atoms with Crippen molar-refractivity contribution >= 4 is 22.9 Å². The molecule has 0 unspecified atom stereocenters. The quantitative estimate of drug-likeness (QED) is 0.724. The molecule has 6 nitrogen and oxygen atoms in total. The van der Waals surface area contributed by atoms with Crippen LogP contribution in [-0.2, 0) is 11.2 Å². The highest BCUT2D eigenvalue weighted by Crippen LogP contribution is 2.17. The van der Waals surface area contributed by atoms with Crippen LogP contribution in [0.15, 0.2) is 30.5 Å². The average Bonchev–Trinajstić information content (AvgIpc) is 2.82. The van der Waals surface area contributed by atoms with E-state index in [0.29, 0.717) is 13.0 Å². The summed E-state index contributed by atoms with van der Waals surface area (Å²) in [5, 5.41) is 16.5. The first-order chi connectivity index (χ1) is 9.58.